The molecule has 7 heteroatoms. The van der Waals surface area contributed by atoms with Crippen molar-refractivity contribution in [2.24, 2.45) is 5.92 Å². The molecule has 0 saturated carbocycles. The van der Waals surface area contributed by atoms with Crippen LogP contribution in [0.3, 0.4) is 0 Å². The molecule has 2 aliphatic heterocycles. The smallest absolute Gasteiger partial charge is 0.243 e. The van der Waals surface area contributed by atoms with Crippen molar-refractivity contribution in [3.8, 4) is 0 Å². The van der Waals surface area contributed by atoms with E-state index in [4.69, 9.17) is 0 Å². The summed E-state index contributed by atoms with van der Waals surface area (Å²) in [6.07, 6.45) is 5.03. The minimum absolute atomic E-state index is 0.0313. The third-order valence-corrected chi connectivity index (χ3v) is 7.96. The molecule has 2 atom stereocenters. The van der Waals surface area contributed by atoms with Gasteiger partial charge in [0.15, 0.2) is 0 Å². The zero-order valence-electron chi connectivity index (χ0n) is 16.7. The molecule has 6 nitrogen and oxygen atoms in total. The molecule has 1 aromatic carbocycles. The van der Waals surface area contributed by atoms with Crippen LogP contribution < -0.4 is 10.6 Å². The maximum absolute atomic E-state index is 12.7. The number of rotatable bonds is 6. The van der Waals surface area contributed by atoms with Crippen molar-refractivity contribution >= 4 is 21.6 Å². The van der Waals surface area contributed by atoms with Crippen molar-refractivity contribution in [2.45, 2.75) is 75.9 Å². The number of fused-ring (bicyclic) bond motifs is 2. The first-order valence-corrected chi connectivity index (χ1v) is 11.3. The Morgan fingerprint density at radius 2 is 1.89 bits per heavy atom. The van der Waals surface area contributed by atoms with Gasteiger partial charge in [0.1, 0.15) is 0 Å². The standard InChI is InChI=1S/C20H31N3O3S/c1-13(2)23(4)27(25,26)18-8-5-14(3)19(12-18)22-20(24)11-15-9-16-6-7-17(10-15)21-16/h5,8,12-13,15-17,21H,6-7,9-11H2,1-4H3,(H,22,24). The second-order valence-corrected chi connectivity index (χ2v) is 10.3. The van der Waals surface area contributed by atoms with Crippen LogP contribution in [0.25, 0.3) is 0 Å². The van der Waals surface area contributed by atoms with E-state index in [9.17, 15) is 13.2 Å². The molecule has 2 N–H and O–H groups in total. The SMILES string of the molecule is Cc1ccc(S(=O)(=O)N(C)C(C)C)cc1NC(=O)CC1CC2CCC(C1)N2. The monoisotopic (exact) mass is 393 g/mol. The fraction of sp³-hybridized carbons (Fsp3) is 0.650. The lowest BCUT2D eigenvalue weighted by molar-refractivity contribution is -0.117. The normalized spacial score (nSPS) is 25.2. The van der Waals surface area contributed by atoms with E-state index >= 15 is 0 Å². The molecule has 0 spiro atoms. The van der Waals surface area contributed by atoms with Gasteiger partial charge in [0, 0.05) is 37.3 Å². The van der Waals surface area contributed by atoms with Gasteiger partial charge in [-0.15, -0.1) is 0 Å². The number of anilines is 1. The molecular weight excluding hydrogens is 362 g/mol. The molecule has 2 heterocycles. The van der Waals surface area contributed by atoms with Crippen LogP contribution in [0.5, 0.6) is 0 Å². The summed E-state index contributed by atoms with van der Waals surface area (Å²) in [4.78, 5) is 12.8. The van der Waals surface area contributed by atoms with E-state index < -0.39 is 10.0 Å². The Labute approximate surface area is 162 Å². The first-order valence-electron chi connectivity index (χ1n) is 9.81. The number of carbonyl (C=O) groups excluding carboxylic acids is 1. The summed E-state index contributed by atoms with van der Waals surface area (Å²) in [7, 11) is -2.00. The van der Waals surface area contributed by atoms with Crippen molar-refractivity contribution < 1.29 is 13.2 Å². The molecule has 150 valence electrons. The summed E-state index contributed by atoms with van der Waals surface area (Å²) in [6.45, 7) is 5.55. The second kappa shape index (κ2) is 7.89. The van der Waals surface area contributed by atoms with Crippen molar-refractivity contribution in [1.82, 2.24) is 9.62 Å². The Morgan fingerprint density at radius 1 is 1.26 bits per heavy atom. The number of carbonyl (C=O) groups is 1. The van der Waals surface area contributed by atoms with E-state index in [1.807, 2.05) is 20.8 Å². The van der Waals surface area contributed by atoms with E-state index in [0.29, 0.717) is 30.1 Å². The Bertz CT molecular complexity index is 795. The summed E-state index contributed by atoms with van der Waals surface area (Å²) in [6, 6.07) is 5.91. The van der Waals surface area contributed by atoms with Gasteiger partial charge in [-0.25, -0.2) is 8.42 Å². The maximum atomic E-state index is 12.7. The Hall–Kier alpha value is -1.44. The molecule has 0 aliphatic carbocycles. The minimum Gasteiger partial charge on any atom is -0.326 e. The number of piperidine rings is 1. The first kappa shape index (κ1) is 20.3. The Balaban J connectivity index is 1.70. The quantitative estimate of drug-likeness (QED) is 0.779. The molecule has 2 unspecified atom stereocenters. The van der Waals surface area contributed by atoms with Crippen LogP contribution in [0.15, 0.2) is 23.1 Å². The number of sulfonamides is 1. The third-order valence-electron chi connectivity index (χ3n) is 5.93. The minimum atomic E-state index is -3.57. The van der Waals surface area contributed by atoms with E-state index in [0.717, 1.165) is 18.4 Å². The lowest BCUT2D eigenvalue weighted by Gasteiger charge is -2.28. The second-order valence-electron chi connectivity index (χ2n) is 8.32. The van der Waals surface area contributed by atoms with Crippen LogP contribution in [-0.2, 0) is 14.8 Å². The van der Waals surface area contributed by atoms with E-state index in [1.54, 1.807) is 25.2 Å². The predicted molar refractivity (Wildman–Crippen MR) is 107 cm³/mol. The van der Waals surface area contributed by atoms with Crippen molar-refractivity contribution in [3.63, 3.8) is 0 Å². The van der Waals surface area contributed by atoms with Crippen molar-refractivity contribution in [1.29, 1.82) is 0 Å². The summed E-state index contributed by atoms with van der Waals surface area (Å²) in [5.74, 6) is 0.374. The number of nitrogens with one attached hydrogen (secondary N) is 2. The number of nitrogens with zero attached hydrogens (tertiary/aromatic N) is 1. The molecule has 2 aliphatic rings. The van der Waals surface area contributed by atoms with Crippen LogP contribution >= 0.6 is 0 Å². The lowest BCUT2D eigenvalue weighted by Crippen LogP contribution is -2.39. The highest BCUT2D eigenvalue weighted by Crippen LogP contribution is 2.33. The third kappa shape index (κ3) is 4.52. The fourth-order valence-electron chi connectivity index (χ4n) is 4.15. The van der Waals surface area contributed by atoms with Crippen molar-refractivity contribution in [2.75, 3.05) is 12.4 Å². The van der Waals surface area contributed by atoms with E-state index in [-0.39, 0.29) is 16.8 Å². The van der Waals surface area contributed by atoms with Gasteiger partial charge in [0.2, 0.25) is 15.9 Å². The summed E-state index contributed by atoms with van der Waals surface area (Å²) in [5.41, 5.74) is 1.44. The van der Waals surface area contributed by atoms with Crippen LogP contribution in [0.4, 0.5) is 5.69 Å². The van der Waals surface area contributed by atoms with Crippen LogP contribution in [0.2, 0.25) is 0 Å². The molecule has 0 radical (unpaired) electrons. The Kier molecular flexibility index (Phi) is 5.93. The average molecular weight is 394 g/mol. The van der Waals surface area contributed by atoms with Gasteiger partial charge in [0.05, 0.1) is 4.90 Å². The molecule has 27 heavy (non-hydrogen) atoms. The number of benzene rings is 1. The summed E-state index contributed by atoms with van der Waals surface area (Å²) >= 11 is 0. The highest BCUT2D eigenvalue weighted by atomic mass is 32.2. The summed E-state index contributed by atoms with van der Waals surface area (Å²) < 4.78 is 26.8. The average Bonchev–Trinajstić information content (AvgIpc) is 2.94. The van der Waals surface area contributed by atoms with Gasteiger partial charge in [-0.1, -0.05) is 6.07 Å². The highest BCUT2D eigenvalue weighted by Gasteiger charge is 2.34. The molecule has 2 saturated heterocycles. The van der Waals surface area contributed by atoms with Gasteiger partial charge >= 0.3 is 0 Å². The summed E-state index contributed by atoms with van der Waals surface area (Å²) in [5, 5.41) is 6.54. The maximum Gasteiger partial charge on any atom is 0.243 e. The largest absolute Gasteiger partial charge is 0.326 e. The van der Waals surface area contributed by atoms with Crippen molar-refractivity contribution in [3.05, 3.63) is 23.8 Å². The fourth-order valence-corrected chi connectivity index (χ4v) is 5.54. The zero-order chi connectivity index (χ0) is 19.8. The predicted octanol–water partition coefficient (Wildman–Crippen LogP) is 2.88. The van der Waals surface area contributed by atoms with Crippen LogP contribution in [0, 0.1) is 12.8 Å². The van der Waals surface area contributed by atoms with Gasteiger partial charge in [-0.2, -0.15) is 4.31 Å². The Morgan fingerprint density at radius 3 is 2.48 bits per heavy atom. The number of aryl methyl sites for hydroxylation is 1. The molecular formula is C20H31N3O3S. The molecule has 1 amide bonds. The molecule has 0 aromatic heterocycles. The van der Waals surface area contributed by atoms with Gasteiger partial charge in [0.25, 0.3) is 0 Å². The lowest BCUT2D eigenvalue weighted by atomic mass is 9.89. The molecule has 1 aromatic rings. The van der Waals surface area contributed by atoms with Gasteiger partial charge in [-0.3, -0.25) is 4.79 Å². The highest BCUT2D eigenvalue weighted by molar-refractivity contribution is 7.89. The topological polar surface area (TPSA) is 78.5 Å². The zero-order valence-corrected chi connectivity index (χ0v) is 17.5. The number of amides is 1. The van der Waals surface area contributed by atoms with E-state index in [2.05, 4.69) is 10.6 Å². The van der Waals surface area contributed by atoms with Gasteiger partial charge in [-0.05, 0) is 70.1 Å². The molecule has 2 fully saturated rings. The van der Waals surface area contributed by atoms with Crippen LogP contribution in [0.1, 0.15) is 51.5 Å². The number of hydrogen-bond donors (Lipinski definition) is 2. The van der Waals surface area contributed by atoms with E-state index in [1.165, 1.54) is 17.1 Å². The first-order chi connectivity index (χ1) is 12.7. The van der Waals surface area contributed by atoms with Crippen LogP contribution in [-0.4, -0.2) is 43.8 Å². The molecule has 2 bridgehead atoms. The van der Waals surface area contributed by atoms with Gasteiger partial charge < -0.3 is 10.6 Å². The molecule has 3 rings (SSSR count). The number of hydrogen-bond acceptors (Lipinski definition) is 4.